The summed E-state index contributed by atoms with van der Waals surface area (Å²) in [7, 11) is 2.26. The van der Waals surface area contributed by atoms with Gasteiger partial charge in [-0.2, -0.15) is 0 Å². The molecule has 0 amide bonds. The quantitative estimate of drug-likeness (QED) is 0.679. The largest absolute Gasteiger partial charge is 0.314 e. The van der Waals surface area contributed by atoms with Gasteiger partial charge in [0.05, 0.1) is 0 Å². The monoisotopic (exact) mass is 245 g/mol. The van der Waals surface area contributed by atoms with Crippen LogP contribution in [0.5, 0.6) is 0 Å². The van der Waals surface area contributed by atoms with E-state index in [1.54, 1.807) is 0 Å². The Balaban J connectivity index is 1.80. The summed E-state index contributed by atoms with van der Waals surface area (Å²) < 4.78 is 0. The van der Waals surface area contributed by atoms with Crippen molar-refractivity contribution in [1.82, 2.24) is 4.90 Å². The normalized spacial score (nSPS) is 36.9. The van der Waals surface area contributed by atoms with Gasteiger partial charge in [0.15, 0.2) is 0 Å². The predicted molar refractivity (Wildman–Crippen MR) is 73.1 cm³/mol. The van der Waals surface area contributed by atoms with Crippen LogP contribution >= 0.6 is 0 Å². The molecule has 0 aromatic rings. The Morgan fingerprint density at radius 3 is 1.33 bits per heavy atom. The smallest absolute Gasteiger partial charge is 0.223 e. The molecule has 0 unspecified atom stereocenters. The molecule has 2 aliphatic carbocycles. The Bertz CT molecular complexity index is 302. The second-order valence-corrected chi connectivity index (χ2v) is 5.85. The summed E-state index contributed by atoms with van der Waals surface area (Å²) in [5, 5.41) is 0. The molecule has 0 spiro atoms. The van der Waals surface area contributed by atoms with E-state index >= 15 is 0 Å². The van der Waals surface area contributed by atoms with E-state index in [2.05, 4.69) is 21.6 Å². The molecule has 2 rings (SSSR count). The Morgan fingerprint density at radius 2 is 1.06 bits per heavy atom. The summed E-state index contributed by atoms with van der Waals surface area (Å²) in [6.07, 6.45) is 9.06. The molecular formula is C15H23N3. The average molecular weight is 245 g/mol. The molecule has 3 heteroatoms. The van der Waals surface area contributed by atoms with Gasteiger partial charge >= 0.3 is 0 Å². The van der Waals surface area contributed by atoms with E-state index < -0.39 is 0 Å². The van der Waals surface area contributed by atoms with Crippen LogP contribution in [0.25, 0.3) is 9.69 Å². The number of hydrogen-bond acceptors (Lipinski definition) is 1. The Labute approximate surface area is 111 Å². The number of hydrogen-bond donors (Lipinski definition) is 0. The second-order valence-electron chi connectivity index (χ2n) is 5.85. The highest BCUT2D eigenvalue weighted by atomic mass is 15.2. The van der Waals surface area contributed by atoms with Gasteiger partial charge < -0.3 is 14.6 Å². The summed E-state index contributed by atoms with van der Waals surface area (Å²) in [5.74, 6) is 0. The van der Waals surface area contributed by atoms with Crippen molar-refractivity contribution < 1.29 is 0 Å². The maximum atomic E-state index is 7.09. The van der Waals surface area contributed by atoms with Crippen LogP contribution in [0.2, 0.25) is 0 Å². The van der Waals surface area contributed by atoms with Crippen LogP contribution in [0.15, 0.2) is 0 Å². The fraction of sp³-hybridized carbons (Fsp3) is 0.867. The fourth-order valence-corrected chi connectivity index (χ4v) is 3.49. The molecule has 18 heavy (non-hydrogen) atoms. The van der Waals surface area contributed by atoms with E-state index in [9.17, 15) is 0 Å². The van der Waals surface area contributed by atoms with Gasteiger partial charge in [0, 0.05) is 37.8 Å². The van der Waals surface area contributed by atoms with Crippen LogP contribution in [0, 0.1) is 13.1 Å². The van der Waals surface area contributed by atoms with Crippen molar-refractivity contribution in [3.8, 4) is 0 Å². The molecule has 2 saturated carbocycles. The van der Waals surface area contributed by atoms with E-state index in [1.807, 2.05) is 0 Å². The molecule has 0 bridgehead atoms. The Hall–Kier alpha value is -1.06. The molecule has 0 heterocycles. The minimum absolute atomic E-state index is 0.285. The standard InChI is InChI=1S/C15H23N3/c1-16-12-4-8-14(9-5-12)18(3)15-10-6-13(17-2)7-11-15/h12-15H,4-11H2,3H3. The molecule has 0 N–H and O–H groups in total. The topological polar surface area (TPSA) is 12.0 Å². The second kappa shape index (κ2) is 6.21. The lowest BCUT2D eigenvalue weighted by atomic mass is 9.86. The third-order valence-corrected chi connectivity index (χ3v) is 4.85. The number of rotatable bonds is 2. The van der Waals surface area contributed by atoms with Crippen molar-refractivity contribution in [3.63, 3.8) is 0 Å². The minimum Gasteiger partial charge on any atom is -0.314 e. The van der Waals surface area contributed by atoms with Gasteiger partial charge in [0.2, 0.25) is 12.1 Å². The average Bonchev–Trinajstić information content (AvgIpc) is 2.47. The lowest BCUT2D eigenvalue weighted by molar-refractivity contribution is 0.108. The minimum atomic E-state index is 0.285. The highest BCUT2D eigenvalue weighted by molar-refractivity contribution is 4.92. The molecular weight excluding hydrogens is 222 g/mol. The van der Waals surface area contributed by atoms with E-state index in [-0.39, 0.29) is 12.1 Å². The van der Waals surface area contributed by atoms with Crippen molar-refractivity contribution in [2.45, 2.75) is 75.5 Å². The molecule has 2 fully saturated rings. The van der Waals surface area contributed by atoms with Crippen LogP contribution < -0.4 is 0 Å². The summed E-state index contributed by atoms with van der Waals surface area (Å²) in [4.78, 5) is 9.90. The van der Waals surface area contributed by atoms with E-state index in [0.717, 1.165) is 25.7 Å². The summed E-state index contributed by atoms with van der Waals surface area (Å²) in [6.45, 7) is 14.2. The predicted octanol–water partition coefficient (Wildman–Crippen LogP) is 3.38. The first-order chi connectivity index (χ1) is 8.74. The first-order valence-electron chi connectivity index (χ1n) is 7.19. The van der Waals surface area contributed by atoms with Gasteiger partial charge in [0.25, 0.3) is 0 Å². The van der Waals surface area contributed by atoms with Crippen molar-refractivity contribution in [1.29, 1.82) is 0 Å². The molecule has 0 saturated heterocycles. The van der Waals surface area contributed by atoms with Crippen LogP contribution in [0.3, 0.4) is 0 Å². The van der Waals surface area contributed by atoms with Crippen LogP contribution in [0.4, 0.5) is 0 Å². The molecule has 2 aliphatic rings. The van der Waals surface area contributed by atoms with E-state index in [1.165, 1.54) is 25.7 Å². The van der Waals surface area contributed by atoms with Crippen molar-refractivity contribution in [2.24, 2.45) is 0 Å². The lowest BCUT2D eigenvalue weighted by Gasteiger charge is -2.39. The first kappa shape index (κ1) is 13.4. The fourth-order valence-electron chi connectivity index (χ4n) is 3.49. The van der Waals surface area contributed by atoms with Gasteiger partial charge in [-0.15, -0.1) is 0 Å². The molecule has 0 aromatic heterocycles. The molecule has 98 valence electrons. The van der Waals surface area contributed by atoms with E-state index in [0.29, 0.717) is 12.1 Å². The maximum Gasteiger partial charge on any atom is 0.223 e. The zero-order valence-corrected chi connectivity index (χ0v) is 11.3. The van der Waals surface area contributed by atoms with Gasteiger partial charge in [-0.1, -0.05) is 0 Å². The van der Waals surface area contributed by atoms with E-state index in [4.69, 9.17) is 13.1 Å². The van der Waals surface area contributed by atoms with Gasteiger partial charge in [-0.3, -0.25) is 0 Å². The van der Waals surface area contributed by atoms with Crippen LogP contribution in [-0.4, -0.2) is 36.1 Å². The number of nitrogens with zero attached hydrogens (tertiary/aromatic N) is 3. The first-order valence-corrected chi connectivity index (χ1v) is 7.19. The summed E-state index contributed by atoms with van der Waals surface area (Å²) >= 11 is 0. The lowest BCUT2D eigenvalue weighted by Crippen LogP contribution is -2.44. The SMILES string of the molecule is [C-]#[N+]C1CCC(N(C)C2CCC([N+]#[C-])CC2)CC1. The van der Waals surface area contributed by atoms with Crippen molar-refractivity contribution >= 4 is 0 Å². The zero-order valence-electron chi connectivity index (χ0n) is 11.3. The molecule has 0 aromatic carbocycles. The third kappa shape index (κ3) is 3.03. The van der Waals surface area contributed by atoms with Gasteiger partial charge in [0.1, 0.15) is 0 Å². The van der Waals surface area contributed by atoms with Crippen molar-refractivity contribution in [3.05, 3.63) is 22.8 Å². The Kier molecular flexibility index (Phi) is 4.61. The van der Waals surface area contributed by atoms with Gasteiger partial charge in [-0.25, -0.2) is 13.1 Å². The highest BCUT2D eigenvalue weighted by Gasteiger charge is 2.33. The molecule has 0 radical (unpaired) electrons. The van der Waals surface area contributed by atoms with Gasteiger partial charge in [-0.05, 0) is 32.7 Å². The molecule has 3 nitrogen and oxygen atoms in total. The highest BCUT2D eigenvalue weighted by Crippen LogP contribution is 2.30. The summed E-state index contributed by atoms with van der Waals surface area (Å²) in [5.41, 5.74) is 0. The maximum absolute atomic E-state index is 7.09. The molecule has 0 aliphatic heterocycles. The van der Waals surface area contributed by atoms with Crippen LogP contribution in [-0.2, 0) is 0 Å². The third-order valence-electron chi connectivity index (χ3n) is 4.85. The summed E-state index contributed by atoms with van der Waals surface area (Å²) in [6, 6.07) is 1.93. The van der Waals surface area contributed by atoms with Crippen molar-refractivity contribution in [2.75, 3.05) is 7.05 Å². The Morgan fingerprint density at radius 1 is 0.722 bits per heavy atom. The zero-order chi connectivity index (χ0) is 13.0. The van der Waals surface area contributed by atoms with Crippen LogP contribution in [0.1, 0.15) is 51.4 Å². The molecule has 0 atom stereocenters.